The van der Waals surface area contributed by atoms with Crippen LogP contribution >= 0.6 is 0 Å². The van der Waals surface area contributed by atoms with E-state index in [2.05, 4.69) is 64.1 Å². The number of benzene rings is 2. The van der Waals surface area contributed by atoms with E-state index in [-0.39, 0.29) is 5.41 Å². The summed E-state index contributed by atoms with van der Waals surface area (Å²) in [4.78, 5) is 0. The summed E-state index contributed by atoms with van der Waals surface area (Å²) < 4.78 is 0. The molecule has 0 aromatic heterocycles. The Morgan fingerprint density at radius 1 is 0.714 bits per heavy atom. The minimum atomic E-state index is -0.204. The average molecular weight is 381 g/mol. The summed E-state index contributed by atoms with van der Waals surface area (Å²) in [5, 5.41) is 10.9. The lowest BCUT2D eigenvalue weighted by Crippen LogP contribution is -2.22. The molecule has 0 amide bonds. The lowest BCUT2D eigenvalue weighted by atomic mass is 9.73. The van der Waals surface area contributed by atoms with Gasteiger partial charge < -0.3 is 5.11 Å². The second-order valence-corrected chi connectivity index (χ2v) is 8.71. The van der Waals surface area contributed by atoms with Crippen LogP contribution in [-0.4, -0.2) is 5.11 Å². The maximum atomic E-state index is 10.9. The fourth-order valence-corrected chi connectivity index (χ4v) is 4.37. The number of hydrogen-bond acceptors (Lipinski definition) is 1. The van der Waals surface area contributed by atoms with Crippen LogP contribution in [0.5, 0.6) is 5.75 Å². The van der Waals surface area contributed by atoms with Crippen LogP contribution in [0.2, 0.25) is 0 Å². The van der Waals surface area contributed by atoms with Crippen molar-refractivity contribution in [1.29, 1.82) is 0 Å². The molecular weight excluding hydrogens is 340 g/mol. The van der Waals surface area contributed by atoms with Crippen molar-refractivity contribution in [3.05, 3.63) is 64.7 Å². The third-order valence-electron chi connectivity index (χ3n) is 6.09. The Bertz CT molecular complexity index is 700. The molecule has 2 aromatic carbocycles. The molecule has 2 aromatic rings. The van der Waals surface area contributed by atoms with Crippen LogP contribution < -0.4 is 0 Å². The van der Waals surface area contributed by atoms with Gasteiger partial charge in [-0.1, -0.05) is 103 Å². The van der Waals surface area contributed by atoms with Gasteiger partial charge in [0.25, 0.3) is 0 Å². The predicted molar refractivity (Wildman–Crippen MR) is 122 cm³/mol. The molecule has 1 heteroatoms. The van der Waals surface area contributed by atoms with Crippen LogP contribution in [0.4, 0.5) is 0 Å². The van der Waals surface area contributed by atoms with Crippen LogP contribution in [-0.2, 0) is 18.3 Å². The number of phenolic OH excluding ortho intramolecular Hbond substituents is 1. The highest BCUT2D eigenvalue weighted by atomic mass is 16.3. The standard InChI is InChI=1S/C27H40O/c1-5-7-9-12-16-22-20-21-25(28)26(24(22)19-15-10-8-6-2)27(3,4)23-17-13-11-14-18-23/h11,13-14,17-18,20-21,28H,5-10,12,15-16,19H2,1-4H3. The molecule has 0 fully saturated rings. The first kappa shape index (κ1) is 22.5. The minimum absolute atomic E-state index is 0.204. The number of aromatic hydroxyl groups is 1. The molecule has 0 bridgehead atoms. The van der Waals surface area contributed by atoms with Gasteiger partial charge in [0.05, 0.1) is 0 Å². The van der Waals surface area contributed by atoms with Gasteiger partial charge >= 0.3 is 0 Å². The van der Waals surface area contributed by atoms with Crippen molar-refractivity contribution in [2.24, 2.45) is 0 Å². The van der Waals surface area contributed by atoms with E-state index in [9.17, 15) is 5.11 Å². The van der Waals surface area contributed by atoms with Gasteiger partial charge in [0.15, 0.2) is 0 Å². The van der Waals surface area contributed by atoms with E-state index in [0.29, 0.717) is 5.75 Å². The molecule has 0 unspecified atom stereocenters. The monoisotopic (exact) mass is 380 g/mol. The molecule has 0 aliphatic heterocycles. The molecule has 2 rings (SSSR count). The van der Waals surface area contributed by atoms with Gasteiger partial charge in [0, 0.05) is 11.0 Å². The van der Waals surface area contributed by atoms with Gasteiger partial charge in [-0.3, -0.25) is 0 Å². The van der Waals surface area contributed by atoms with Crippen molar-refractivity contribution in [3.8, 4) is 5.75 Å². The van der Waals surface area contributed by atoms with Crippen molar-refractivity contribution in [1.82, 2.24) is 0 Å². The zero-order valence-electron chi connectivity index (χ0n) is 18.6. The molecule has 1 nitrogen and oxygen atoms in total. The van der Waals surface area contributed by atoms with Gasteiger partial charge in [-0.2, -0.15) is 0 Å². The molecule has 0 aliphatic rings. The van der Waals surface area contributed by atoms with Crippen LogP contribution in [0, 0.1) is 0 Å². The third-order valence-corrected chi connectivity index (χ3v) is 6.09. The van der Waals surface area contributed by atoms with Crippen LogP contribution in [0.15, 0.2) is 42.5 Å². The van der Waals surface area contributed by atoms with E-state index < -0.39 is 0 Å². The molecule has 0 aliphatic carbocycles. The van der Waals surface area contributed by atoms with Crippen LogP contribution in [0.3, 0.4) is 0 Å². The Kier molecular flexibility index (Phi) is 9.09. The number of phenols is 1. The average Bonchev–Trinajstić information content (AvgIpc) is 2.70. The Morgan fingerprint density at radius 3 is 1.93 bits per heavy atom. The second-order valence-electron chi connectivity index (χ2n) is 8.71. The van der Waals surface area contributed by atoms with Crippen LogP contribution in [0.25, 0.3) is 0 Å². The van der Waals surface area contributed by atoms with Crippen molar-refractivity contribution < 1.29 is 5.11 Å². The molecule has 0 atom stereocenters. The summed E-state index contributed by atoms with van der Waals surface area (Å²) >= 11 is 0. The van der Waals surface area contributed by atoms with E-state index >= 15 is 0 Å². The molecule has 154 valence electrons. The highest BCUT2D eigenvalue weighted by molar-refractivity contribution is 5.53. The van der Waals surface area contributed by atoms with E-state index in [0.717, 1.165) is 18.4 Å². The second kappa shape index (κ2) is 11.3. The fourth-order valence-electron chi connectivity index (χ4n) is 4.37. The van der Waals surface area contributed by atoms with Crippen LogP contribution in [0.1, 0.15) is 101 Å². The highest BCUT2D eigenvalue weighted by Gasteiger charge is 2.29. The first-order chi connectivity index (χ1) is 13.5. The van der Waals surface area contributed by atoms with Crippen molar-refractivity contribution >= 4 is 0 Å². The van der Waals surface area contributed by atoms with Gasteiger partial charge in [-0.15, -0.1) is 0 Å². The Labute approximate surface area is 173 Å². The van der Waals surface area contributed by atoms with Crippen molar-refractivity contribution in [2.75, 3.05) is 0 Å². The first-order valence-corrected chi connectivity index (χ1v) is 11.4. The molecule has 0 heterocycles. The summed E-state index contributed by atoms with van der Waals surface area (Å²) in [7, 11) is 0. The van der Waals surface area contributed by atoms with E-state index in [1.807, 2.05) is 6.07 Å². The summed E-state index contributed by atoms with van der Waals surface area (Å²) in [5.41, 5.74) is 5.06. The molecule has 0 radical (unpaired) electrons. The summed E-state index contributed by atoms with van der Waals surface area (Å²) in [6, 6.07) is 14.8. The first-order valence-electron chi connectivity index (χ1n) is 11.4. The largest absolute Gasteiger partial charge is 0.508 e. The Hall–Kier alpha value is -1.76. The fraction of sp³-hybridized carbons (Fsp3) is 0.556. The smallest absolute Gasteiger partial charge is 0.119 e. The topological polar surface area (TPSA) is 20.2 Å². The predicted octanol–water partition coefficient (Wildman–Crippen LogP) is 7.96. The molecule has 1 N–H and O–H groups in total. The van der Waals surface area contributed by atoms with Crippen molar-refractivity contribution in [2.45, 2.75) is 97.3 Å². The number of aryl methyl sites for hydroxylation is 1. The molecule has 0 spiro atoms. The van der Waals surface area contributed by atoms with Crippen molar-refractivity contribution in [3.63, 3.8) is 0 Å². The molecule has 28 heavy (non-hydrogen) atoms. The number of unbranched alkanes of at least 4 members (excludes halogenated alkanes) is 6. The normalized spacial score (nSPS) is 11.7. The lowest BCUT2D eigenvalue weighted by Gasteiger charge is -2.31. The zero-order valence-corrected chi connectivity index (χ0v) is 18.6. The minimum Gasteiger partial charge on any atom is -0.508 e. The van der Waals surface area contributed by atoms with Gasteiger partial charge in [0.2, 0.25) is 0 Å². The van der Waals surface area contributed by atoms with E-state index in [1.54, 1.807) is 0 Å². The quantitative estimate of drug-likeness (QED) is 0.370. The highest BCUT2D eigenvalue weighted by Crippen LogP contribution is 2.41. The lowest BCUT2D eigenvalue weighted by molar-refractivity contribution is 0.449. The molecule has 0 saturated carbocycles. The summed E-state index contributed by atoms with van der Waals surface area (Å²) in [5.74, 6) is 0.455. The van der Waals surface area contributed by atoms with E-state index in [1.165, 1.54) is 68.1 Å². The Balaban J connectivity index is 2.40. The number of hydrogen-bond donors (Lipinski definition) is 1. The Morgan fingerprint density at radius 2 is 1.32 bits per heavy atom. The zero-order chi connectivity index (χ0) is 20.4. The summed E-state index contributed by atoms with van der Waals surface area (Å²) in [6.07, 6.45) is 12.3. The number of rotatable bonds is 12. The summed E-state index contributed by atoms with van der Waals surface area (Å²) in [6.45, 7) is 9.04. The van der Waals surface area contributed by atoms with Gasteiger partial charge in [-0.25, -0.2) is 0 Å². The maximum Gasteiger partial charge on any atom is 0.119 e. The third kappa shape index (κ3) is 5.87. The molecule has 0 saturated heterocycles. The molecular formula is C27H40O. The van der Waals surface area contributed by atoms with Gasteiger partial charge in [0.1, 0.15) is 5.75 Å². The van der Waals surface area contributed by atoms with E-state index in [4.69, 9.17) is 0 Å². The SMILES string of the molecule is CCCCCCc1ccc(O)c(C(C)(C)c2ccccc2)c1CCCCCC. The van der Waals surface area contributed by atoms with Gasteiger partial charge in [-0.05, 0) is 48.4 Å². The maximum absolute atomic E-state index is 10.9.